The topological polar surface area (TPSA) is 68.2 Å². The number of para-hydroxylation sites is 1. The third-order valence-electron chi connectivity index (χ3n) is 5.19. The largest absolute Gasteiger partial charge is 0.447 e. The maximum Gasteiger partial charge on any atom is 0.247 e. The number of amides is 1. The van der Waals surface area contributed by atoms with Crippen molar-refractivity contribution in [2.24, 2.45) is 0 Å². The molecule has 0 saturated carbocycles. The molecule has 0 radical (unpaired) electrons. The monoisotopic (exact) mass is 434 g/mol. The van der Waals surface area contributed by atoms with E-state index < -0.39 is 6.23 Å². The highest BCUT2D eigenvalue weighted by Crippen LogP contribution is 2.43. The highest BCUT2D eigenvalue weighted by Gasteiger charge is 2.34. The first-order chi connectivity index (χ1) is 15.1. The van der Waals surface area contributed by atoms with Crippen LogP contribution < -0.4 is 9.64 Å². The van der Waals surface area contributed by atoms with Gasteiger partial charge in [0.05, 0.1) is 5.69 Å². The fourth-order valence-corrected chi connectivity index (χ4v) is 4.35. The number of hydrogen-bond acceptors (Lipinski definition) is 6. The number of rotatable bonds is 6. The van der Waals surface area contributed by atoms with E-state index in [1.807, 2.05) is 55.5 Å². The van der Waals surface area contributed by atoms with E-state index >= 15 is 0 Å². The van der Waals surface area contributed by atoms with Crippen molar-refractivity contribution in [1.82, 2.24) is 15.2 Å². The van der Waals surface area contributed by atoms with E-state index in [1.165, 1.54) is 12.8 Å². The first-order valence-corrected chi connectivity index (χ1v) is 11.6. The van der Waals surface area contributed by atoms with Gasteiger partial charge >= 0.3 is 0 Å². The summed E-state index contributed by atoms with van der Waals surface area (Å²) in [5.74, 6) is 1.22. The Bertz CT molecular complexity index is 1070. The maximum atomic E-state index is 12.8. The number of unbranched alkanes of at least 4 members (excludes halogenated alkanes) is 2. The lowest BCUT2D eigenvalue weighted by molar-refractivity contribution is -0.118. The second-order valence-corrected chi connectivity index (χ2v) is 8.65. The zero-order valence-electron chi connectivity index (χ0n) is 18.0. The fraction of sp³-hybridized carbons (Fsp3) is 0.333. The smallest absolute Gasteiger partial charge is 0.247 e. The average molecular weight is 435 g/mol. The minimum Gasteiger partial charge on any atom is -0.447 e. The lowest BCUT2D eigenvalue weighted by Crippen LogP contribution is -2.36. The fourth-order valence-electron chi connectivity index (χ4n) is 3.58. The molecule has 1 aromatic heterocycles. The Morgan fingerprint density at radius 3 is 2.61 bits per heavy atom. The molecule has 6 nitrogen and oxygen atoms in total. The summed E-state index contributed by atoms with van der Waals surface area (Å²) in [6.07, 6.45) is 2.81. The van der Waals surface area contributed by atoms with E-state index in [0.717, 1.165) is 34.6 Å². The summed E-state index contributed by atoms with van der Waals surface area (Å²) in [4.78, 5) is 19.1. The number of hydrogen-bond donors (Lipinski definition) is 0. The summed E-state index contributed by atoms with van der Waals surface area (Å²) in [6, 6.07) is 15.7. The highest BCUT2D eigenvalue weighted by atomic mass is 32.2. The van der Waals surface area contributed by atoms with Crippen molar-refractivity contribution in [3.05, 3.63) is 59.7 Å². The van der Waals surface area contributed by atoms with E-state index in [1.54, 1.807) is 23.6 Å². The number of benzene rings is 2. The number of thioether (sulfide) groups is 1. The molecule has 1 amide bonds. The number of carbonyl (C=O) groups excluding carboxylic acids is 1. The maximum absolute atomic E-state index is 12.8. The standard InChI is InChI=1S/C24H26N4O2S/c1-4-5-8-15-31-24-25-22-21(26-27-24)19-9-6-7-10-20(19)28(17(3)29)23(30-22)18-13-11-16(2)12-14-18/h6-7,9-14,23H,4-5,8,15H2,1-3H3/t23-/m0/s1. The molecule has 0 fully saturated rings. The summed E-state index contributed by atoms with van der Waals surface area (Å²) >= 11 is 1.58. The molecule has 7 heteroatoms. The van der Waals surface area contributed by atoms with Gasteiger partial charge in [-0.15, -0.1) is 10.2 Å². The van der Waals surface area contributed by atoms with Crippen LogP contribution in [0.3, 0.4) is 0 Å². The van der Waals surface area contributed by atoms with Gasteiger partial charge in [0.1, 0.15) is 0 Å². The molecular formula is C24H26N4O2S. The molecule has 1 atom stereocenters. The van der Waals surface area contributed by atoms with Gasteiger partial charge in [-0.3, -0.25) is 9.69 Å². The molecule has 0 unspecified atom stereocenters. The first-order valence-electron chi connectivity index (χ1n) is 10.6. The molecule has 0 spiro atoms. The Balaban J connectivity index is 1.79. The minimum absolute atomic E-state index is 0.118. The van der Waals surface area contributed by atoms with Crippen molar-refractivity contribution in [3.63, 3.8) is 0 Å². The third kappa shape index (κ3) is 4.56. The predicted octanol–water partition coefficient (Wildman–Crippen LogP) is 5.57. The van der Waals surface area contributed by atoms with Gasteiger partial charge in [-0.1, -0.05) is 79.6 Å². The van der Waals surface area contributed by atoms with Crippen molar-refractivity contribution < 1.29 is 9.53 Å². The number of nitrogens with zero attached hydrogens (tertiary/aromatic N) is 4. The molecule has 3 aromatic rings. The van der Waals surface area contributed by atoms with E-state index in [9.17, 15) is 4.79 Å². The highest BCUT2D eigenvalue weighted by molar-refractivity contribution is 7.99. The van der Waals surface area contributed by atoms with E-state index in [0.29, 0.717) is 16.7 Å². The van der Waals surface area contributed by atoms with Crippen LogP contribution in [0.2, 0.25) is 0 Å². The van der Waals surface area contributed by atoms with E-state index in [4.69, 9.17) is 4.74 Å². The molecule has 0 aliphatic carbocycles. The van der Waals surface area contributed by atoms with Crippen LogP contribution in [0.25, 0.3) is 11.3 Å². The number of ether oxygens (including phenoxy) is 1. The SMILES string of the molecule is CCCCCSc1nnc2c(n1)O[C@@H](c1ccc(C)cc1)N(C(C)=O)c1ccccc1-2. The van der Waals surface area contributed by atoms with Crippen molar-refractivity contribution >= 4 is 23.4 Å². The second-order valence-electron chi connectivity index (χ2n) is 7.59. The molecular weight excluding hydrogens is 408 g/mol. The number of fused-ring (bicyclic) bond motifs is 3. The lowest BCUT2D eigenvalue weighted by Gasteiger charge is -2.29. The van der Waals surface area contributed by atoms with Crippen LogP contribution in [0.4, 0.5) is 5.69 Å². The van der Waals surface area contributed by atoms with Gasteiger partial charge in [-0.05, 0) is 19.4 Å². The minimum atomic E-state index is -0.643. The van der Waals surface area contributed by atoms with Crippen molar-refractivity contribution in [2.45, 2.75) is 51.4 Å². The molecule has 160 valence electrons. The molecule has 0 saturated heterocycles. The van der Waals surface area contributed by atoms with E-state index in [2.05, 4.69) is 22.1 Å². The zero-order valence-corrected chi connectivity index (χ0v) is 18.9. The van der Waals surface area contributed by atoms with Crippen LogP contribution in [0.5, 0.6) is 5.88 Å². The van der Waals surface area contributed by atoms with Gasteiger partial charge in [0, 0.05) is 23.8 Å². The predicted molar refractivity (Wildman–Crippen MR) is 123 cm³/mol. The summed E-state index contributed by atoms with van der Waals surface area (Å²) in [5.41, 5.74) is 4.08. The van der Waals surface area contributed by atoms with Crippen molar-refractivity contribution in [2.75, 3.05) is 10.7 Å². The first kappa shape index (κ1) is 21.3. The Hall–Kier alpha value is -2.93. The van der Waals surface area contributed by atoms with Crippen LogP contribution in [0.1, 0.15) is 50.5 Å². The number of aryl methyl sites for hydroxylation is 1. The number of aromatic nitrogens is 3. The van der Waals surface area contributed by atoms with Gasteiger partial charge in [0.2, 0.25) is 23.2 Å². The van der Waals surface area contributed by atoms with Crippen molar-refractivity contribution in [1.29, 1.82) is 0 Å². The van der Waals surface area contributed by atoms with Crippen LogP contribution in [0, 0.1) is 6.92 Å². The van der Waals surface area contributed by atoms with Gasteiger partial charge in [-0.25, -0.2) is 0 Å². The molecule has 1 aliphatic rings. The number of anilines is 1. The Kier molecular flexibility index (Phi) is 6.51. The molecule has 1 aliphatic heterocycles. The molecule has 2 aromatic carbocycles. The number of carbonyl (C=O) groups is 1. The zero-order chi connectivity index (χ0) is 21.8. The average Bonchev–Trinajstić information content (AvgIpc) is 2.91. The van der Waals surface area contributed by atoms with Crippen molar-refractivity contribution in [3.8, 4) is 17.1 Å². The van der Waals surface area contributed by atoms with Crippen LogP contribution in [-0.2, 0) is 4.79 Å². The molecule has 0 N–H and O–H groups in total. The molecule has 2 heterocycles. The lowest BCUT2D eigenvalue weighted by atomic mass is 10.1. The summed E-state index contributed by atoms with van der Waals surface area (Å²) < 4.78 is 6.39. The Morgan fingerprint density at radius 2 is 1.87 bits per heavy atom. The molecule has 4 rings (SSSR count). The molecule has 31 heavy (non-hydrogen) atoms. The van der Waals surface area contributed by atoms with Gasteiger partial charge in [0.25, 0.3) is 0 Å². The normalized spacial score (nSPS) is 14.9. The van der Waals surface area contributed by atoms with Crippen LogP contribution >= 0.6 is 11.8 Å². The quantitative estimate of drug-likeness (QED) is 0.373. The second kappa shape index (κ2) is 9.47. The van der Waals surface area contributed by atoms with E-state index in [-0.39, 0.29) is 5.91 Å². The Morgan fingerprint density at radius 1 is 1.10 bits per heavy atom. The van der Waals surface area contributed by atoms with Crippen LogP contribution in [-0.4, -0.2) is 26.8 Å². The van der Waals surface area contributed by atoms with Gasteiger partial charge in [0.15, 0.2) is 5.69 Å². The Labute approximate surface area is 187 Å². The van der Waals surface area contributed by atoms with Crippen LogP contribution in [0.15, 0.2) is 53.7 Å². The van der Waals surface area contributed by atoms with Gasteiger partial charge in [-0.2, -0.15) is 4.98 Å². The van der Waals surface area contributed by atoms with Gasteiger partial charge < -0.3 is 4.74 Å². The summed E-state index contributed by atoms with van der Waals surface area (Å²) in [6.45, 7) is 5.76. The third-order valence-corrected chi connectivity index (χ3v) is 6.12. The summed E-state index contributed by atoms with van der Waals surface area (Å²) in [7, 11) is 0. The molecule has 0 bridgehead atoms. The summed E-state index contributed by atoms with van der Waals surface area (Å²) in [5, 5.41) is 9.38.